The summed E-state index contributed by atoms with van der Waals surface area (Å²) in [6.07, 6.45) is 1.01. The highest BCUT2D eigenvalue weighted by atomic mass is 19.3. The van der Waals surface area contributed by atoms with Crippen molar-refractivity contribution in [3.63, 3.8) is 0 Å². The van der Waals surface area contributed by atoms with Gasteiger partial charge in [0, 0.05) is 26.3 Å². The molecule has 1 aliphatic carbocycles. The fourth-order valence-electron chi connectivity index (χ4n) is 2.34. The summed E-state index contributed by atoms with van der Waals surface area (Å²) in [6.45, 7) is -0.289. The quantitative estimate of drug-likeness (QED) is 0.845. The normalized spacial score (nSPS) is 26.2. The van der Waals surface area contributed by atoms with Gasteiger partial charge in [0.15, 0.2) is 0 Å². The molecule has 0 radical (unpaired) electrons. The van der Waals surface area contributed by atoms with Gasteiger partial charge in [-0.3, -0.25) is 4.57 Å². The van der Waals surface area contributed by atoms with Crippen LogP contribution in [0.2, 0.25) is 0 Å². The number of aromatic nitrogens is 2. The van der Waals surface area contributed by atoms with E-state index < -0.39 is 30.0 Å². The summed E-state index contributed by atoms with van der Waals surface area (Å²) in [6, 6.07) is 0.254. The van der Waals surface area contributed by atoms with E-state index in [2.05, 4.69) is 10.3 Å². The highest BCUT2D eigenvalue weighted by molar-refractivity contribution is 5.30. The van der Waals surface area contributed by atoms with Crippen molar-refractivity contribution in [1.29, 1.82) is 0 Å². The van der Waals surface area contributed by atoms with Crippen LogP contribution in [-0.4, -0.2) is 34.2 Å². The van der Waals surface area contributed by atoms with Crippen LogP contribution in [0.25, 0.3) is 0 Å². The fraction of sp³-hybridized carbons (Fsp3) is 0.636. The van der Waals surface area contributed by atoms with E-state index in [9.17, 15) is 13.6 Å². The number of aliphatic hydroxyl groups excluding tert-OH is 1. The highest BCUT2D eigenvalue weighted by Crippen LogP contribution is 2.46. The molecule has 2 unspecified atom stereocenters. The fourth-order valence-corrected chi connectivity index (χ4v) is 2.34. The first-order valence-electron chi connectivity index (χ1n) is 5.73. The second-order valence-corrected chi connectivity index (χ2v) is 4.52. The van der Waals surface area contributed by atoms with Gasteiger partial charge < -0.3 is 10.4 Å². The highest BCUT2D eigenvalue weighted by Gasteiger charge is 2.49. The topological polar surface area (TPSA) is 67.2 Å². The van der Waals surface area contributed by atoms with Gasteiger partial charge in [0.05, 0.1) is 0 Å². The van der Waals surface area contributed by atoms with Gasteiger partial charge in [-0.15, -0.1) is 0 Å². The Hall–Kier alpha value is -1.50. The van der Waals surface area contributed by atoms with Gasteiger partial charge in [-0.05, 0) is 18.4 Å². The van der Waals surface area contributed by atoms with Crippen molar-refractivity contribution in [2.45, 2.75) is 24.8 Å². The molecule has 2 N–H and O–H groups in total. The number of hydrogen-bond acceptors (Lipinski definition) is 4. The number of hydrogen-bond donors (Lipinski definition) is 2. The van der Waals surface area contributed by atoms with Crippen molar-refractivity contribution in [2.24, 2.45) is 5.92 Å². The largest absolute Gasteiger partial charge is 0.396 e. The molecule has 18 heavy (non-hydrogen) atoms. The molecule has 0 saturated heterocycles. The van der Waals surface area contributed by atoms with Gasteiger partial charge >= 0.3 is 5.69 Å². The standard InChI is InChI=1S/C11H15F2N3O2/c1-14-9-2-3-16(10(18)15-9)8-4-7(6-17)5-11(8,12)13/h2-3,7-8,17H,4-6H2,1H3,(H,14,15,18). The van der Waals surface area contributed by atoms with Crippen molar-refractivity contribution in [3.05, 3.63) is 22.7 Å². The van der Waals surface area contributed by atoms with E-state index in [0.29, 0.717) is 5.82 Å². The lowest BCUT2D eigenvalue weighted by Gasteiger charge is -2.20. The monoisotopic (exact) mass is 259 g/mol. The number of aliphatic hydroxyl groups is 1. The molecule has 1 fully saturated rings. The minimum Gasteiger partial charge on any atom is -0.396 e. The Kier molecular flexibility index (Phi) is 3.34. The van der Waals surface area contributed by atoms with Crippen LogP contribution in [-0.2, 0) is 0 Å². The molecule has 0 amide bonds. The molecule has 1 aromatic rings. The third-order valence-corrected chi connectivity index (χ3v) is 3.29. The van der Waals surface area contributed by atoms with Crippen LogP contribution in [0.5, 0.6) is 0 Å². The third kappa shape index (κ3) is 2.22. The summed E-state index contributed by atoms with van der Waals surface area (Å²) in [5.41, 5.74) is -0.704. The lowest BCUT2D eigenvalue weighted by atomic mass is 10.1. The molecule has 100 valence electrons. The van der Waals surface area contributed by atoms with E-state index >= 15 is 0 Å². The number of nitrogens with one attached hydrogen (secondary N) is 1. The van der Waals surface area contributed by atoms with Crippen LogP contribution in [0, 0.1) is 5.92 Å². The lowest BCUT2D eigenvalue weighted by molar-refractivity contribution is -0.0353. The van der Waals surface area contributed by atoms with Crippen LogP contribution in [0.3, 0.4) is 0 Å². The summed E-state index contributed by atoms with van der Waals surface area (Å²) in [7, 11) is 1.60. The summed E-state index contributed by atoms with van der Waals surface area (Å²) >= 11 is 0. The van der Waals surface area contributed by atoms with Crippen molar-refractivity contribution in [1.82, 2.24) is 9.55 Å². The first kappa shape index (κ1) is 12.9. The second kappa shape index (κ2) is 4.64. The molecule has 1 aromatic heterocycles. The first-order valence-corrected chi connectivity index (χ1v) is 5.73. The summed E-state index contributed by atoms with van der Waals surface area (Å²) in [5, 5.41) is 11.6. The zero-order valence-electron chi connectivity index (χ0n) is 9.94. The second-order valence-electron chi connectivity index (χ2n) is 4.52. The average molecular weight is 259 g/mol. The zero-order chi connectivity index (χ0) is 13.3. The Morgan fingerprint density at radius 3 is 2.89 bits per heavy atom. The van der Waals surface area contributed by atoms with Crippen molar-refractivity contribution < 1.29 is 13.9 Å². The van der Waals surface area contributed by atoms with E-state index in [1.54, 1.807) is 7.05 Å². The van der Waals surface area contributed by atoms with Crippen molar-refractivity contribution >= 4 is 5.82 Å². The van der Waals surface area contributed by atoms with E-state index in [-0.39, 0.29) is 13.0 Å². The molecular formula is C11H15F2N3O2. The SMILES string of the molecule is CNc1ccn(C2CC(CO)CC2(F)F)c(=O)n1. The first-order chi connectivity index (χ1) is 8.47. The Morgan fingerprint density at radius 2 is 2.39 bits per heavy atom. The maximum absolute atomic E-state index is 13.8. The summed E-state index contributed by atoms with van der Waals surface area (Å²) in [4.78, 5) is 15.3. The number of anilines is 1. The third-order valence-electron chi connectivity index (χ3n) is 3.29. The Labute approximate surface area is 102 Å². The van der Waals surface area contributed by atoms with Crippen molar-refractivity contribution in [3.8, 4) is 0 Å². The van der Waals surface area contributed by atoms with Gasteiger partial charge in [-0.1, -0.05) is 0 Å². The molecule has 2 atom stereocenters. The van der Waals surface area contributed by atoms with Crippen molar-refractivity contribution in [2.75, 3.05) is 19.0 Å². The van der Waals surface area contributed by atoms with Crippen LogP contribution in [0.15, 0.2) is 17.1 Å². The molecule has 0 bridgehead atoms. The predicted octanol–water partition coefficient (Wildman–Crippen LogP) is 0.864. The molecule has 2 rings (SSSR count). The van der Waals surface area contributed by atoms with Gasteiger partial charge in [0.1, 0.15) is 11.9 Å². The zero-order valence-corrected chi connectivity index (χ0v) is 9.94. The van der Waals surface area contributed by atoms with Crippen LogP contribution in [0.4, 0.5) is 14.6 Å². The van der Waals surface area contributed by atoms with Crippen LogP contribution in [0.1, 0.15) is 18.9 Å². The Morgan fingerprint density at radius 1 is 1.67 bits per heavy atom. The Bertz CT molecular complexity index is 489. The maximum Gasteiger partial charge on any atom is 0.349 e. The number of halogens is 2. The molecule has 1 heterocycles. The summed E-state index contributed by atoms with van der Waals surface area (Å²) in [5.74, 6) is -3.11. The van der Waals surface area contributed by atoms with Crippen LogP contribution < -0.4 is 11.0 Å². The molecule has 0 aliphatic heterocycles. The molecule has 0 spiro atoms. The lowest BCUT2D eigenvalue weighted by Crippen LogP contribution is -2.34. The van der Waals surface area contributed by atoms with Gasteiger partial charge in [-0.2, -0.15) is 4.98 Å². The van der Waals surface area contributed by atoms with E-state index in [1.165, 1.54) is 12.3 Å². The maximum atomic E-state index is 13.8. The number of nitrogens with zero attached hydrogens (tertiary/aromatic N) is 2. The minimum atomic E-state index is -2.99. The number of rotatable bonds is 3. The average Bonchev–Trinajstić information content (AvgIpc) is 2.64. The molecular weight excluding hydrogens is 244 g/mol. The molecule has 1 aliphatic rings. The summed E-state index contributed by atoms with van der Waals surface area (Å²) < 4.78 is 28.5. The van der Waals surface area contributed by atoms with E-state index in [0.717, 1.165) is 4.57 Å². The molecule has 0 aromatic carbocycles. The molecule has 1 saturated carbocycles. The molecule has 5 nitrogen and oxygen atoms in total. The number of alkyl halides is 2. The Balaban J connectivity index is 2.34. The minimum absolute atomic E-state index is 0.0873. The molecule has 7 heteroatoms. The smallest absolute Gasteiger partial charge is 0.349 e. The van der Waals surface area contributed by atoms with Gasteiger partial charge in [-0.25, -0.2) is 13.6 Å². The predicted molar refractivity (Wildman–Crippen MR) is 61.8 cm³/mol. The van der Waals surface area contributed by atoms with E-state index in [1.807, 2.05) is 0 Å². The van der Waals surface area contributed by atoms with Gasteiger partial charge in [0.25, 0.3) is 5.92 Å². The van der Waals surface area contributed by atoms with Gasteiger partial charge in [0.2, 0.25) is 0 Å². The van der Waals surface area contributed by atoms with E-state index in [4.69, 9.17) is 5.11 Å². The van der Waals surface area contributed by atoms with Crippen LogP contribution >= 0.6 is 0 Å².